The van der Waals surface area contributed by atoms with E-state index < -0.39 is 18.0 Å². The van der Waals surface area contributed by atoms with Crippen molar-refractivity contribution in [1.29, 1.82) is 0 Å². The van der Waals surface area contributed by atoms with Crippen LogP contribution in [0.25, 0.3) is 0 Å². The van der Waals surface area contributed by atoms with E-state index in [9.17, 15) is 14.4 Å². The number of nitrogens with zero attached hydrogens (tertiary/aromatic N) is 1. The van der Waals surface area contributed by atoms with Crippen molar-refractivity contribution in [2.45, 2.75) is 37.8 Å². The van der Waals surface area contributed by atoms with Gasteiger partial charge in [0.15, 0.2) is 0 Å². The summed E-state index contributed by atoms with van der Waals surface area (Å²) in [7, 11) is 1.77. The van der Waals surface area contributed by atoms with Crippen molar-refractivity contribution in [2.75, 3.05) is 7.05 Å². The third-order valence-corrected chi connectivity index (χ3v) is 4.44. The number of carbonyl (C=O) groups is 3. The summed E-state index contributed by atoms with van der Waals surface area (Å²) in [5.41, 5.74) is 2.47. The summed E-state index contributed by atoms with van der Waals surface area (Å²) < 4.78 is 0. The lowest BCUT2D eigenvalue weighted by molar-refractivity contribution is -0.135. The van der Waals surface area contributed by atoms with Crippen molar-refractivity contribution in [1.82, 2.24) is 15.5 Å². The Morgan fingerprint density at radius 1 is 1.32 bits per heavy atom. The first-order valence-electron chi connectivity index (χ1n) is 7.51. The van der Waals surface area contributed by atoms with E-state index in [0.717, 1.165) is 19.3 Å². The van der Waals surface area contributed by atoms with E-state index in [2.05, 4.69) is 22.8 Å². The van der Waals surface area contributed by atoms with Crippen LogP contribution >= 0.6 is 0 Å². The van der Waals surface area contributed by atoms with Gasteiger partial charge in [0.1, 0.15) is 6.04 Å². The van der Waals surface area contributed by atoms with Crippen molar-refractivity contribution in [3.8, 4) is 0 Å². The zero-order valence-electron chi connectivity index (χ0n) is 12.5. The minimum atomic E-state index is -0.763. The number of benzene rings is 1. The molecule has 0 bridgehead atoms. The van der Waals surface area contributed by atoms with Crippen LogP contribution in [-0.4, -0.2) is 35.8 Å². The van der Waals surface area contributed by atoms with Crippen molar-refractivity contribution >= 4 is 17.8 Å². The first kappa shape index (κ1) is 14.6. The second-order valence-electron chi connectivity index (χ2n) is 5.83. The van der Waals surface area contributed by atoms with Crippen LogP contribution < -0.4 is 10.6 Å². The maximum Gasteiger partial charge on any atom is 0.322 e. The average molecular weight is 301 g/mol. The average Bonchev–Trinajstić information content (AvgIpc) is 2.83. The molecule has 1 aliphatic carbocycles. The second kappa shape index (κ2) is 5.79. The maximum absolute atomic E-state index is 12.5. The minimum Gasteiger partial charge on any atom is -0.339 e. The molecule has 22 heavy (non-hydrogen) atoms. The first-order chi connectivity index (χ1) is 10.6. The number of hydrogen-bond donors (Lipinski definition) is 2. The lowest BCUT2D eigenvalue weighted by atomic mass is 9.87. The Hall–Kier alpha value is -2.37. The van der Waals surface area contributed by atoms with E-state index in [1.54, 1.807) is 11.9 Å². The van der Waals surface area contributed by atoms with Gasteiger partial charge in [-0.1, -0.05) is 24.3 Å². The smallest absolute Gasteiger partial charge is 0.322 e. The highest BCUT2D eigenvalue weighted by atomic mass is 16.2. The summed E-state index contributed by atoms with van der Waals surface area (Å²) in [4.78, 5) is 36.8. The van der Waals surface area contributed by atoms with Gasteiger partial charge in [-0.05, 0) is 30.4 Å². The van der Waals surface area contributed by atoms with Crippen LogP contribution in [0.15, 0.2) is 24.3 Å². The van der Waals surface area contributed by atoms with Crippen LogP contribution in [0.3, 0.4) is 0 Å². The Kier molecular flexibility index (Phi) is 3.83. The molecule has 1 aromatic rings. The van der Waals surface area contributed by atoms with E-state index in [1.807, 2.05) is 12.1 Å². The fraction of sp³-hybridized carbons (Fsp3) is 0.438. The monoisotopic (exact) mass is 301 g/mol. The lowest BCUT2D eigenvalue weighted by Crippen LogP contribution is -2.39. The summed E-state index contributed by atoms with van der Waals surface area (Å²) >= 11 is 0. The molecular formula is C16H19N3O3. The van der Waals surface area contributed by atoms with Gasteiger partial charge in [0.2, 0.25) is 5.91 Å². The molecule has 2 N–H and O–H groups in total. The number of fused-ring (bicyclic) bond motifs is 1. The molecule has 1 heterocycles. The molecule has 6 nitrogen and oxygen atoms in total. The SMILES string of the molecule is CN(C(=O)CC1NC(=O)NC1=O)C1CCCc2ccccc21. The summed E-state index contributed by atoms with van der Waals surface area (Å²) in [5.74, 6) is -0.570. The van der Waals surface area contributed by atoms with Crippen LogP contribution in [0.4, 0.5) is 4.79 Å². The van der Waals surface area contributed by atoms with Crippen molar-refractivity contribution in [3.05, 3.63) is 35.4 Å². The van der Waals surface area contributed by atoms with Crippen molar-refractivity contribution in [3.63, 3.8) is 0 Å². The van der Waals surface area contributed by atoms with Gasteiger partial charge in [-0.25, -0.2) is 4.79 Å². The molecule has 2 atom stereocenters. The molecule has 0 spiro atoms. The number of nitrogens with one attached hydrogen (secondary N) is 2. The first-order valence-corrected chi connectivity index (χ1v) is 7.51. The van der Waals surface area contributed by atoms with Gasteiger partial charge in [-0.3, -0.25) is 14.9 Å². The van der Waals surface area contributed by atoms with Crippen molar-refractivity contribution < 1.29 is 14.4 Å². The van der Waals surface area contributed by atoms with E-state index in [0.29, 0.717) is 0 Å². The predicted molar refractivity (Wildman–Crippen MR) is 80.0 cm³/mol. The second-order valence-corrected chi connectivity index (χ2v) is 5.83. The van der Waals surface area contributed by atoms with Gasteiger partial charge >= 0.3 is 6.03 Å². The number of hydrogen-bond acceptors (Lipinski definition) is 3. The number of carbonyl (C=O) groups excluding carboxylic acids is 3. The molecule has 2 aliphatic rings. The molecule has 0 radical (unpaired) electrons. The Morgan fingerprint density at radius 2 is 2.09 bits per heavy atom. The molecular weight excluding hydrogens is 282 g/mol. The fourth-order valence-electron chi connectivity index (χ4n) is 3.23. The highest BCUT2D eigenvalue weighted by Gasteiger charge is 2.34. The van der Waals surface area contributed by atoms with Gasteiger partial charge in [0, 0.05) is 7.05 Å². The molecule has 1 aliphatic heterocycles. The zero-order chi connectivity index (χ0) is 15.7. The molecule has 6 heteroatoms. The van der Waals surface area contributed by atoms with Crippen LogP contribution in [0.2, 0.25) is 0 Å². The number of amides is 4. The fourth-order valence-corrected chi connectivity index (χ4v) is 3.23. The van der Waals surface area contributed by atoms with E-state index in [-0.39, 0.29) is 18.4 Å². The standard InChI is InChI=1S/C16H19N3O3/c1-19(14(20)9-12-15(21)18-16(22)17-12)13-8-4-6-10-5-2-3-7-11(10)13/h2-3,5,7,12-13H,4,6,8-9H2,1H3,(H2,17,18,21,22). The summed E-state index contributed by atoms with van der Waals surface area (Å²) in [6, 6.07) is 6.91. The number of aryl methyl sites for hydroxylation is 1. The quantitative estimate of drug-likeness (QED) is 0.821. The molecule has 4 amide bonds. The molecule has 0 aromatic heterocycles. The third-order valence-electron chi connectivity index (χ3n) is 4.44. The number of urea groups is 1. The van der Waals surface area contributed by atoms with E-state index in [4.69, 9.17) is 0 Å². The maximum atomic E-state index is 12.5. The number of rotatable bonds is 3. The van der Waals surface area contributed by atoms with Gasteiger partial charge < -0.3 is 10.2 Å². The van der Waals surface area contributed by atoms with Gasteiger partial charge in [0.05, 0.1) is 12.5 Å². The molecule has 1 fully saturated rings. The van der Waals surface area contributed by atoms with Crippen LogP contribution in [0, 0.1) is 0 Å². The van der Waals surface area contributed by atoms with Crippen LogP contribution in [0.5, 0.6) is 0 Å². The van der Waals surface area contributed by atoms with Gasteiger partial charge in [-0.2, -0.15) is 0 Å². The Bertz CT molecular complexity index is 629. The van der Waals surface area contributed by atoms with E-state index in [1.165, 1.54) is 11.1 Å². The topological polar surface area (TPSA) is 78.5 Å². The lowest BCUT2D eigenvalue weighted by Gasteiger charge is -2.33. The van der Waals surface area contributed by atoms with Crippen LogP contribution in [-0.2, 0) is 16.0 Å². The Morgan fingerprint density at radius 3 is 2.82 bits per heavy atom. The van der Waals surface area contributed by atoms with E-state index >= 15 is 0 Å². The molecule has 0 saturated carbocycles. The molecule has 116 valence electrons. The predicted octanol–water partition coefficient (Wildman–Crippen LogP) is 1.12. The highest BCUT2D eigenvalue weighted by molar-refractivity contribution is 6.05. The largest absolute Gasteiger partial charge is 0.339 e. The highest BCUT2D eigenvalue weighted by Crippen LogP contribution is 2.33. The Balaban J connectivity index is 1.72. The minimum absolute atomic E-state index is 0.00720. The van der Waals surface area contributed by atoms with Gasteiger partial charge in [0.25, 0.3) is 5.91 Å². The molecule has 1 aromatic carbocycles. The third kappa shape index (κ3) is 2.68. The summed E-state index contributed by atoms with van der Waals surface area (Å²) in [6.07, 6.45) is 2.99. The van der Waals surface area contributed by atoms with Gasteiger partial charge in [-0.15, -0.1) is 0 Å². The zero-order valence-corrected chi connectivity index (χ0v) is 12.5. The normalized spacial score (nSPS) is 23.5. The van der Waals surface area contributed by atoms with Crippen LogP contribution in [0.1, 0.15) is 36.4 Å². The summed E-state index contributed by atoms with van der Waals surface area (Å²) in [5, 5.41) is 4.61. The Labute approximate surface area is 128 Å². The molecule has 1 saturated heterocycles. The molecule has 3 rings (SSSR count). The van der Waals surface area contributed by atoms with Crippen molar-refractivity contribution in [2.24, 2.45) is 0 Å². The molecule has 2 unspecified atom stereocenters. The summed E-state index contributed by atoms with van der Waals surface area (Å²) in [6.45, 7) is 0. The number of imide groups is 1.